The van der Waals surface area contributed by atoms with Gasteiger partial charge in [-0.25, -0.2) is 15.0 Å². The number of nitrogens with zero attached hydrogens (tertiary/aromatic N) is 6. The number of allylic oxidation sites excluding steroid dienone is 1. The molecule has 10 nitrogen and oxygen atoms in total. The SMILES string of the molecule is C=C(N=C1C(=C(C)C)NC(=NCc2ccc(S(C)=O)cn2)C(=O)N1[C@@H](C)CC)c1c(OC)ncnc1C1CC1. The molecule has 3 heterocycles. The van der Waals surface area contributed by atoms with Gasteiger partial charge in [0.05, 0.1) is 57.7 Å². The number of nitrogens with one attached hydrogen (secondary N) is 1. The van der Waals surface area contributed by atoms with E-state index in [1.807, 2.05) is 27.7 Å². The molecule has 11 heteroatoms. The molecule has 1 aliphatic carbocycles. The van der Waals surface area contributed by atoms with Gasteiger partial charge in [0, 0.05) is 24.4 Å². The number of aliphatic imine (C=N–C) groups is 2. The summed E-state index contributed by atoms with van der Waals surface area (Å²) < 4.78 is 17.2. The first-order chi connectivity index (χ1) is 18.7. The van der Waals surface area contributed by atoms with Gasteiger partial charge in [0.15, 0.2) is 11.7 Å². The summed E-state index contributed by atoms with van der Waals surface area (Å²) in [6.45, 7) is 12.4. The van der Waals surface area contributed by atoms with E-state index in [0.29, 0.717) is 51.6 Å². The largest absolute Gasteiger partial charge is 0.480 e. The van der Waals surface area contributed by atoms with E-state index < -0.39 is 10.8 Å². The number of ether oxygens (including phenoxy) is 1. The van der Waals surface area contributed by atoms with Crippen LogP contribution in [0.2, 0.25) is 0 Å². The second-order valence-electron chi connectivity index (χ2n) is 9.84. The third-order valence-corrected chi connectivity index (χ3v) is 7.61. The van der Waals surface area contributed by atoms with Crippen LogP contribution >= 0.6 is 0 Å². The first-order valence-electron chi connectivity index (χ1n) is 12.9. The quantitative estimate of drug-likeness (QED) is 0.502. The lowest BCUT2D eigenvalue weighted by Gasteiger charge is -2.36. The van der Waals surface area contributed by atoms with Crippen molar-refractivity contribution in [3.05, 3.63) is 59.5 Å². The molecular weight excluding hydrogens is 514 g/mol. The zero-order chi connectivity index (χ0) is 28.3. The van der Waals surface area contributed by atoms with Crippen molar-refractivity contribution in [2.75, 3.05) is 13.4 Å². The topological polar surface area (TPSA) is 122 Å². The third-order valence-electron chi connectivity index (χ3n) is 6.71. The second kappa shape index (κ2) is 12.0. The molecule has 39 heavy (non-hydrogen) atoms. The van der Waals surface area contributed by atoms with Crippen LogP contribution in [0.15, 0.2) is 57.4 Å². The Morgan fingerprint density at radius 2 is 2.03 bits per heavy atom. The van der Waals surface area contributed by atoms with E-state index in [1.54, 1.807) is 36.6 Å². The van der Waals surface area contributed by atoms with Crippen LogP contribution in [-0.2, 0) is 22.1 Å². The molecule has 0 aromatic carbocycles. The predicted octanol–water partition coefficient (Wildman–Crippen LogP) is 3.99. The highest BCUT2D eigenvalue weighted by atomic mass is 32.2. The first kappa shape index (κ1) is 28.3. The highest BCUT2D eigenvalue weighted by Gasteiger charge is 2.37. The van der Waals surface area contributed by atoms with Crippen molar-refractivity contribution in [2.24, 2.45) is 9.98 Å². The van der Waals surface area contributed by atoms with Crippen LogP contribution in [0.3, 0.4) is 0 Å². The number of hydrogen-bond acceptors (Lipinski definition) is 8. The molecule has 1 aliphatic heterocycles. The minimum atomic E-state index is -1.11. The summed E-state index contributed by atoms with van der Waals surface area (Å²) in [4.78, 5) is 38.7. The maximum atomic E-state index is 13.8. The fraction of sp³-hybridized carbons (Fsp3) is 0.429. The Labute approximate surface area is 231 Å². The van der Waals surface area contributed by atoms with Gasteiger partial charge in [0.1, 0.15) is 6.33 Å². The second-order valence-corrected chi connectivity index (χ2v) is 11.2. The first-order valence-corrected chi connectivity index (χ1v) is 14.5. The number of methoxy groups -OCH3 is 1. The van der Waals surface area contributed by atoms with E-state index in [4.69, 9.17) is 9.73 Å². The van der Waals surface area contributed by atoms with Gasteiger partial charge < -0.3 is 10.1 Å². The van der Waals surface area contributed by atoms with Crippen molar-refractivity contribution in [3.8, 4) is 5.88 Å². The molecule has 1 unspecified atom stereocenters. The Balaban J connectivity index is 1.73. The van der Waals surface area contributed by atoms with Crippen molar-refractivity contribution in [1.82, 2.24) is 25.2 Å². The van der Waals surface area contributed by atoms with Gasteiger partial charge in [-0.2, -0.15) is 0 Å². The Morgan fingerprint density at radius 3 is 2.59 bits per heavy atom. The van der Waals surface area contributed by atoms with Gasteiger partial charge >= 0.3 is 0 Å². The number of rotatable bonds is 9. The van der Waals surface area contributed by atoms with Crippen LogP contribution in [0, 0.1) is 0 Å². The molecule has 206 valence electrons. The molecule has 2 aromatic heterocycles. The lowest BCUT2D eigenvalue weighted by molar-refractivity contribution is -0.122. The summed E-state index contributed by atoms with van der Waals surface area (Å²) in [7, 11) is 0.452. The van der Waals surface area contributed by atoms with Crippen LogP contribution in [0.4, 0.5) is 0 Å². The number of hydrogen-bond donors (Lipinski definition) is 1. The highest BCUT2D eigenvalue weighted by molar-refractivity contribution is 7.84. The summed E-state index contributed by atoms with van der Waals surface area (Å²) in [6, 6.07) is 3.38. The van der Waals surface area contributed by atoms with Gasteiger partial charge in [-0.05, 0) is 57.7 Å². The number of amides is 1. The monoisotopic (exact) mass is 549 g/mol. The van der Waals surface area contributed by atoms with Crippen molar-refractivity contribution in [1.29, 1.82) is 0 Å². The third kappa shape index (κ3) is 6.13. The highest BCUT2D eigenvalue weighted by Crippen LogP contribution is 2.44. The Bertz CT molecular complexity index is 1390. The number of carbonyl (C=O) groups excluding carboxylic acids is 1. The molecule has 2 aromatic rings. The minimum Gasteiger partial charge on any atom is -0.480 e. The Hall–Kier alpha value is -3.73. The van der Waals surface area contributed by atoms with E-state index >= 15 is 0 Å². The van der Waals surface area contributed by atoms with E-state index in [-0.39, 0.29) is 24.3 Å². The van der Waals surface area contributed by atoms with Gasteiger partial charge in [-0.15, -0.1) is 0 Å². The molecule has 1 amide bonds. The molecule has 2 aliphatic rings. The van der Waals surface area contributed by atoms with E-state index in [1.165, 1.54) is 6.33 Å². The van der Waals surface area contributed by atoms with Crippen molar-refractivity contribution in [2.45, 2.75) is 70.4 Å². The zero-order valence-electron chi connectivity index (χ0n) is 23.3. The molecular formula is C28H35N7O3S. The lowest BCUT2D eigenvalue weighted by atomic mass is 10.1. The average Bonchev–Trinajstić information content (AvgIpc) is 3.77. The van der Waals surface area contributed by atoms with E-state index in [2.05, 4.69) is 31.8 Å². The van der Waals surface area contributed by atoms with Gasteiger partial charge in [-0.1, -0.05) is 13.5 Å². The van der Waals surface area contributed by atoms with E-state index in [9.17, 15) is 9.00 Å². The summed E-state index contributed by atoms with van der Waals surface area (Å²) in [5.74, 6) is 1.13. The molecule has 1 saturated carbocycles. The summed E-state index contributed by atoms with van der Waals surface area (Å²) >= 11 is 0. The Kier molecular flexibility index (Phi) is 8.69. The number of pyridine rings is 1. The van der Waals surface area contributed by atoms with Crippen LogP contribution < -0.4 is 10.1 Å². The van der Waals surface area contributed by atoms with Crippen molar-refractivity contribution < 1.29 is 13.7 Å². The normalized spacial score (nSPS) is 19.2. The number of piperazine rings is 1. The lowest BCUT2D eigenvalue weighted by Crippen LogP contribution is -2.57. The summed E-state index contributed by atoms with van der Waals surface area (Å²) in [5.41, 5.74) is 4.25. The molecule has 1 saturated heterocycles. The van der Waals surface area contributed by atoms with Gasteiger partial charge in [0.2, 0.25) is 5.88 Å². The minimum absolute atomic E-state index is 0.153. The molecule has 0 spiro atoms. The van der Waals surface area contributed by atoms with Crippen LogP contribution in [0.25, 0.3) is 5.70 Å². The molecule has 1 N–H and O–H groups in total. The zero-order valence-corrected chi connectivity index (χ0v) is 24.1. The van der Waals surface area contributed by atoms with Crippen LogP contribution in [0.5, 0.6) is 5.88 Å². The maximum Gasteiger partial charge on any atom is 0.295 e. The summed E-state index contributed by atoms with van der Waals surface area (Å²) in [5, 5.41) is 3.22. The van der Waals surface area contributed by atoms with Gasteiger partial charge in [0.25, 0.3) is 5.91 Å². The standard InChI is InChI=1S/C28H35N7O3S/c1-8-17(4)35-26(33-18(5)22-24(19-9-10-19)31-15-32-27(22)38-6)23(16(2)3)34-25(28(35)36)30-13-20-11-12-21(14-29-20)39(7)37/h11-12,14-15,17,19H,5,8-10,13H2,1-4,6-7H3,(H,30,34)/t17-,39?/m0/s1. The average molecular weight is 550 g/mol. The smallest absolute Gasteiger partial charge is 0.295 e. The molecule has 0 bridgehead atoms. The molecule has 0 radical (unpaired) electrons. The van der Waals surface area contributed by atoms with Crippen LogP contribution in [-0.4, -0.2) is 61.0 Å². The van der Waals surface area contributed by atoms with Crippen molar-refractivity contribution >= 4 is 34.1 Å². The molecule has 2 fully saturated rings. The Morgan fingerprint density at radius 1 is 1.28 bits per heavy atom. The van der Waals surface area contributed by atoms with E-state index in [0.717, 1.165) is 24.1 Å². The maximum absolute atomic E-state index is 13.8. The fourth-order valence-corrected chi connectivity index (χ4v) is 4.67. The molecule has 4 rings (SSSR count). The fourth-order valence-electron chi connectivity index (χ4n) is 4.21. The number of carbonyl (C=O) groups is 1. The molecule has 2 atom stereocenters. The predicted molar refractivity (Wildman–Crippen MR) is 153 cm³/mol. The van der Waals surface area contributed by atoms with Crippen molar-refractivity contribution in [3.63, 3.8) is 0 Å². The number of aromatic nitrogens is 3. The van der Waals surface area contributed by atoms with Gasteiger partial charge in [-0.3, -0.25) is 23.9 Å². The van der Waals surface area contributed by atoms with Crippen LogP contribution in [0.1, 0.15) is 69.8 Å². The number of amidine groups is 2. The summed E-state index contributed by atoms with van der Waals surface area (Å²) in [6.07, 6.45) is 7.48.